The number of nitrogens with zero attached hydrogens (tertiary/aromatic N) is 1. The van der Waals surface area contributed by atoms with Crippen LogP contribution < -0.4 is 0 Å². The highest BCUT2D eigenvalue weighted by molar-refractivity contribution is 7.99. The lowest BCUT2D eigenvalue weighted by Gasteiger charge is -2.04. The van der Waals surface area contributed by atoms with Crippen molar-refractivity contribution < 1.29 is 14.4 Å². The fourth-order valence-corrected chi connectivity index (χ4v) is 3.55. The lowest BCUT2D eigenvalue weighted by molar-refractivity contribution is 0.0697. The highest BCUT2D eigenvalue weighted by atomic mass is 32.2. The van der Waals surface area contributed by atoms with Gasteiger partial charge in [-0.3, -0.25) is 0 Å². The molecule has 0 spiro atoms. The zero-order valence-electron chi connectivity index (χ0n) is 13.0. The summed E-state index contributed by atoms with van der Waals surface area (Å²) in [4.78, 5) is 13.7. The Morgan fingerprint density at radius 1 is 0.920 bits per heavy atom. The van der Waals surface area contributed by atoms with Crippen LogP contribution in [0.5, 0.6) is 0 Å². The Hall–Kier alpha value is -3.05. The Labute approximate surface area is 148 Å². The number of rotatable bonds is 4. The van der Waals surface area contributed by atoms with Crippen LogP contribution in [-0.4, -0.2) is 16.2 Å². The maximum atomic E-state index is 11.5. The average molecular weight is 347 g/mol. The van der Waals surface area contributed by atoms with Gasteiger partial charge in [-0.1, -0.05) is 53.3 Å². The number of benzene rings is 3. The molecule has 4 aromatic rings. The summed E-state index contributed by atoms with van der Waals surface area (Å²) in [6.45, 7) is 0. The molecule has 0 aliphatic rings. The number of carboxylic acid groups (broad SMARTS) is 1. The summed E-state index contributed by atoms with van der Waals surface area (Å²) in [6, 6.07) is 22.7. The monoisotopic (exact) mass is 347 g/mol. The molecule has 122 valence electrons. The van der Waals surface area contributed by atoms with E-state index in [2.05, 4.69) is 5.16 Å². The summed E-state index contributed by atoms with van der Waals surface area (Å²) < 4.78 is 5.47. The Morgan fingerprint density at radius 2 is 1.68 bits per heavy atom. The van der Waals surface area contributed by atoms with Crippen LogP contribution in [0.1, 0.15) is 10.4 Å². The summed E-state index contributed by atoms with van der Waals surface area (Å²) in [7, 11) is 0. The van der Waals surface area contributed by atoms with Gasteiger partial charge in [0.1, 0.15) is 5.52 Å². The molecule has 0 unspecified atom stereocenters. The van der Waals surface area contributed by atoms with Crippen LogP contribution in [0.3, 0.4) is 0 Å². The number of hydrogen-bond acceptors (Lipinski definition) is 4. The van der Waals surface area contributed by atoms with E-state index in [1.807, 2.05) is 48.5 Å². The van der Waals surface area contributed by atoms with Gasteiger partial charge in [-0.2, -0.15) is 0 Å². The van der Waals surface area contributed by atoms with Gasteiger partial charge in [0.25, 0.3) is 0 Å². The largest absolute Gasteiger partial charge is 0.478 e. The van der Waals surface area contributed by atoms with Gasteiger partial charge in [0.05, 0.1) is 10.9 Å². The fourth-order valence-electron chi connectivity index (χ4n) is 2.67. The van der Waals surface area contributed by atoms with Crippen molar-refractivity contribution in [1.82, 2.24) is 5.16 Å². The van der Waals surface area contributed by atoms with Crippen LogP contribution in [0.25, 0.3) is 22.2 Å². The Morgan fingerprint density at radius 3 is 2.48 bits per heavy atom. The first-order valence-electron chi connectivity index (χ1n) is 7.67. The molecular weight excluding hydrogens is 334 g/mol. The Balaban J connectivity index is 1.81. The van der Waals surface area contributed by atoms with E-state index in [4.69, 9.17) is 4.52 Å². The minimum atomic E-state index is -0.991. The van der Waals surface area contributed by atoms with E-state index in [1.165, 1.54) is 0 Å². The van der Waals surface area contributed by atoms with E-state index < -0.39 is 5.97 Å². The van der Waals surface area contributed by atoms with Crippen LogP contribution >= 0.6 is 11.8 Å². The van der Waals surface area contributed by atoms with Gasteiger partial charge >= 0.3 is 5.97 Å². The van der Waals surface area contributed by atoms with Crippen molar-refractivity contribution in [3.8, 4) is 11.3 Å². The van der Waals surface area contributed by atoms with Crippen molar-refractivity contribution in [2.75, 3.05) is 0 Å². The SMILES string of the molecule is O=C(O)c1ccccc1-c1onc2ccc(Sc3ccccc3)cc12. The zero-order chi connectivity index (χ0) is 17.2. The molecule has 4 rings (SSSR count). The zero-order valence-corrected chi connectivity index (χ0v) is 13.9. The molecule has 1 heterocycles. The van der Waals surface area contributed by atoms with Crippen LogP contribution in [0, 0.1) is 0 Å². The van der Waals surface area contributed by atoms with Gasteiger partial charge in [-0.15, -0.1) is 0 Å². The molecule has 0 aliphatic carbocycles. The van der Waals surface area contributed by atoms with Crippen LogP contribution in [-0.2, 0) is 0 Å². The van der Waals surface area contributed by atoms with E-state index in [1.54, 1.807) is 36.0 Å². The number of carboxylic acids is 1. The first kappa shape index (κ1) is 15.5. The standard InChI is InChI=1S/C20H13NO3S/c22-20(23)16-9-5-4-8-15(16)19-17-12-14(10-11-18(17)21-24-19)25-13-6-2-1-3-7-13/h1-12H,(H,22,23). The predicted octanol–water partition coefficient (Wildman–Crippen LogP) is 5.34. The van der Waals surface area contributed by atoms with E-state index in [0.29, 0.717) is 16.8 Å². The van der Waals surface area contributed by atoms with Crippen LogP contribution in [0.2, 0.25) is 0 Å². The topological polar surface area (TPSA) is 63.3 Å². The molecule has 25 heavy (non-hydrogen) atoms. The van der Waals surface area contributed by atoms with Crippen molar-refractivity contribution in [3.63, 3.8) is 0 Å². The third kappa shape index (κ3) is 3.02. The maximum absolute atomic E-state index is 11.5. The molecular formula is C20H13NO3S. The van der Waals surface area contributed by atoms with E-state index in [-0.39, 0.29) is 5.56 Å². The van der Waals surface area contributed by atoms with Crippen molar-refractivity contribution in [3.05, 3.63) is 78.4 Å². The lowest BCUT2D eigenvalue weighted by Crippen LogP contribution is -1.98. The lowest BCUT2D eigenvalue weighted by atomic mass is 10.0. The van der Waals surface area contributed by atoms with Gasteiger partial charge in [0, 0.05) is 15.4 Å². The second-order valence-electron chi connectivity index (χ2n) is 5.46. The van der Waals surface area contributed by atoms with Crippen molar-refractivity contribution in [1.29, 1.82) is 0 Å². The average Bonchev–Trinajstić information content (AvgIpc) is 3.05. The van der Waals surface area contributed by atoms with Gasteiger partial charge in [-0.25, -0.2) is 4.79 Å². The minimum Gasteiger partial charge on any atom is -0.478 e. The number of aromatic carboxylic acids is 1. The molecule has 5 heteroatoms. The summed E-state index contributed by atoms with van der Waals surface area (Å²) in [5.41, 5.74) is 1.42. The molecule has 3 aromatic carbocycles. The molecule has 0 aliphatic heterocycles. The van der Waals surface area contributed by atoms with Crippen LogP contribution in [0.15, 0.2) is 87.1 Å². The Bertz CT molecular complexity index is 1060. The smallest absolute Gasteiger partial charge is 0.336 e. The number of aromatic nitrogens is 1. The first-order chi connectivity index (χ1) is 12.2. The van der Waals surface area contributed by atoms with Gasteiger partial charge in [-0.05, 0) is 36.4 Å². The van der Waals surface area contributed by atoms with Gasteiger partial charge in [0.15, 0.2) is 5.76 Å². The van der Waals surface area contributed by atoms with E-state index in [9.17, 15) is 9.90 Å². The molecule has 0 saturated heterocycles. The first-order valence-corrected chi connectivity index (χ1v) is 8.49. The second kappa shape index (κ2) is 6.45. The summed E-state index contributed by atoms with van der Waals surface area (Å²) in [5.74, 6) is -0.515. The van der Waals surface area contributed by atoms with Gasteiger partial charge in [0.2, 0.25) is 0 Å². The molecule has 4 nitrogen and oxygen atoms in total. The molecule has 0 fully saturated rings. The third-order valence-corrected chi connectivity index (χ3v) is 4.83. The number of hydrogen-bond donors (Lipinski definition) is 1. The summed E-state index contributed by atoms with van der Waals surface area (Å²) >= 11 is 1.63. The quantitative estimate of drug-likeness (QED) is 0.539. The highest BCUT2D eigenvalue weighted by Gasteiger charge is 2.18. The van der Waals surface area contributed by atoms with Crippen molar-refractivity contribution in [2.24, 2.45) is 0 Å². The maximum Gasteiger partial charge on any atom is 0.336 e. The second-order valence-corrected chi connectivity index (χ2v) is 6.60. The molecule has 0 saturated carbocycles. The fraction of sp³-hybridized carbons (Fsp3) is 0. The highest BCUT2D eigenvalue weighted by Crippen LogP contribution is 2.35. The number of carbonyl (C=O) groups is 1. The van der Waals surface area contributed by atoms with E-state index in [0.717, 1.165) is 15.2 Å². The van der Waals surface area contributed by atoms with Crippen LogP contribution in [0.4, 0.5) is 0 Å². The van der Waals surface area contributed by atoms with Crippen molar-refractivity contribution in [2.45, 2.75) is 9.79 Å². The summed E-state index contributed by atoms with van der Waals surface area (Å²) in [5, 5.41) is 14.3. The third-order valence-electron chi connectivity index (χ3n) is 3.83. The predicted molar refractivity (Wildman–Crippen MR) is 97.0 cm³/mol. The molecule has 0 bridgehead atoms. The molecule has 1 aromatic heterocycles. The minimum absolute atomic E-state index is 0.196. The van der Waals surface area contributed by atoms with Gasteiger partial charge < -0.3 is 9.63 Å². The molecule has 1 N–H and O–H groups in total. The summed E-state index contributed by atoms with van der Waals surface area (Å²) in [6.07, 6.45) is 0. The molecule has 0 radical (unpaired) electrons. The molecule has 0 atom stereocenters. The molecule has 0 amide bonds. The Kier molecular flexibility index (Phi) is 3.99. The van der Waals surface area contributed by atoms with E-state index >= 15 is 0 Å². The number of fused-ring (bicyclic) bond motifs is 1. The van der Waals surface area contributed by atoms with Crippen molar-refractivity contribution >= 4 is 28.6 Å². The normalized spacial score (nSPS) is 10.9.